The van der Waals surface area contributed by atoms with Crippen molar-refractivity contribution in [3.8, 4) is 11.4 Å². The molecule has 2 atom stereocenters. The van der Waals surface area contributed by atoms with Gasteiger partial charge in [-0.3, -0.25) is 9.78 Å². The van der Waals surface area contributed by atoms with E-state index in [0.717, 1.165) is 60.3 Å². The second kappa shape index (κ2) is 12.1. The Kier molecular flexibility index (Phi) is 8.05. The standard InChI is InChI=1S/C33H36N6O3S/c1-21-19-27(22(2)38(21)25-10-8-24(9-11-25)37-15-17-42-18-16-37)32-31(28-7-5-6-14-34-28)36-33(43)39(32)26-12-13-30(41-4)29(20-26)35-23(3)40/h5-14,19-20,31-32H,15-18H2,1-4H3,(H,35,40)(H,36,43)/t31-,32+/m1/s1. The Hall–Kier alpha value is -4.41. The molecule has 2 aromatic heterocycles. The molecule has 2 fully saturated rings. The van der Waals surface area contributed by atoms with Gasteiger partial charge >= 0.3 is 0 Å². The largest absolute Gasteiger partial charge is 0.495 e. The number of nitrogens with zero attached hydrogens (tertiary/aromatic N) is 4. The number of aromatic nitrogens is 2. The van der Waals surface area contributed by atoms with E-state index in [2.05, 4.69) is 69.2 Å². The molecule has 43 heavy (non-hydrogen) atoms. The number of morpholine rings is 1. The summed E-state index contributed by atoms with van der Waals surface area (Å²) in [4.78, 5) is 21.2. The first kappa shape index (κ1) is 28.7. The summed E-state index contributed by atoms with van der Waals surface area (Å²) in [6, 6.07) is 22.3. The van der Waals surface area contributed by atoms with Crippen LogP contribution in [0.25, 0.3) is 5.69 Å². The fourth-order valence-corrected chi connectivity index (χ4v) is 6.55. The summed E-state index contributed by atoms with van der Waals surface area (Å²) in [6.07, 6.45) is 1.81. The quantitative estimate of drug-likeness (QED) is 0.272. The van der Waals surface area contributed by atoms with Gasteiger partial charge in [0, 0.05) is 54.7 Å². The molecule has 6 rings (SSSR count). The predicted molar refractivity (Wildman–Crippen MR) is 174 cm³/mol. The molecule has 2 aliphatic heterocycles. The second-order valence-electron chi connectivity index (χ2n) is 10.8. The summed E-state index contributed by atoms with van der Waals surface area (Å²) in [5.41, 5.74) is 8.00. The van der Waals surface area contributed by atoms with Crippen molar-refractivity contribution in [3.05, 3.63) is 95.6 Å². The second-order valence-corrected chi connectivity index (χ2v) is 11.2. The number of hydrogen-bond donors (Lipinski definition) is 2. The monoisotopic (exact) mass is 596 g/mol. The molecule has 10 heteroatoms. The van der Waals surface area contributed by atoms with Gasteiger partial charge in [0.2, 0.25) is 5.91 Å². The molecule has 2 N–H and O–H groups in total. The highest BCUT2D eigenvalue weighted by atomic mass is 32.1. The molecule has 4 aromatic rings. The van der Waals surface area contributed by atoms with Gasteiger partial charge in [-0.05, 0) is 92.3 Å². The molecule has 1 amide bonds. The van der Waals surface area contributed by atoms with Crippen LogP contribution in [0.2, 0.25) is 0 Å². The Morgan fingerprint density at radius 2 is 1.74 bits per heavy atom. The summed E-state index contributed by atoms with van der Waals surface area (Å²) in [5, 5.41) is 7.02. The predicted octanol–water partition coefficient (Wildman–Crippen LogP) is 5.47. The lowest BCUT2D eigenvalue weighted by Gasteiger charge is -2.29. The molecule has 222 valence electrons. The van der Waals surface area contributed by atoms with Crippen LogP contribution in [-0.4, -0.2) is 54.0 Å². The average Bonchev–Trinajstić information content (AvgIpc) is 3.52. The molecule has 0 aliphatic carbocycles. The minimum atomic E-state index is -0.200. The Morgan fingerprint density at radius 1 is 1.02 bits per heavy atom. The van der Waals surface area contributed by atoms with Gasteiger partial charge in [0.1, 0.15) is 5.75 Å². The maximum absolute atomic E-state index is 12.0. The summed E-state index contributed by atoms with van der Waals surface area (Å²) < 4.78 is 13.3. The Morgan fingerprint density at radius 3 is 2.42 bits per heavy atom. The number of ether oxygens (including phenoxy) is 2. The van der Waals surface area contributed by atoms with Gasteiger partial charge in [-0.2, -0.15) is 0 Å². The van der Waals surface area contributed by atoms with Crippen LogP contribution < -0.4 is 25.2 Å². The molecule has 0 saturated carbocycles. The number of hydrogen-bond acceptors (Lipinski definition) is 6. The normalized spacial score (nSPS) is 18.5. The molecule has 9 nitrogen and oxygen atoms in total. The van der Waals surface area contributed by atoms with Crippen molar-refractivity contribution >= 4 is 40.3 Å². The third kappa shape index (κ3) is 5.55. The number of carbonyl (C=O) groups is 1. The number of rotatable bonds is 7. The number of aryl methyl sites for hydroxylation is 1. The van der Waals surface area contributed by atoms with Crippen LogP contribution in [0.15, 0.2) is 72.9 Å². The number of pyridine rings is 1. The molecule has 0 bridgehead atoms. The van der Waals surface area contributed by atoms with Crippen molar-refractivity contribution < 1.29 is 14.3 Å². The molecular weight excluding hydrogens is 560 g/mol. The third-order valence-electron chi connectivity index (χ3n) is 8.14. The topological polar surface area (TPSA) is 83.9 Å². The van der Waals surface area contributed by atoms with E-state index in [1.807, 2.05) is 36.4 Å². The highest BCUT2D eigenvalue weighted by Gasteiger charge is 2.42. The fraction of sp³-hybridized carbons (Fsp3) is 0.303. The molecule has 2 saturated heterocycles. The maximum atomic E-state index is 12.0. The zero-order chi connectivity index (χ0) is 30.1. The molecule has 0 spiro atoms. The smallest absolute Gasteiger partial charge is 0.221 e. The first-order valence-electron chi connectivity index (χ1n) is 14.4. The van der Waals surface area contributed by atoms with E-state index in [1.165, 1.54) is 12.6 Å². The number of nitrogens with one attached hydrogen (secondary N) is 2. The van der Waals surface area contributed by atoms with E-state index in [9.17, 15) is 4.79 Å². The first-order valence-corrected chi connectivity index (χ1v) is 14.8. The third-order valence-corrected chi connectivity index (χ3v) is 8.46. The molecule has 0 radical (unpaired) electrons. The number of methoxy groups -OCH3 is 1. The van der Waals surface area contributed by atoms with Gasteiger partial charge in [0.05, 0.1) is 43.8 Å². The van der Waals surface area contributed by atoms with Crippen molar-refractivity contribution in [3.63, 3.8) is 0 Å². The van der Waals surface area contributed by atoms with Crippen LogP contribution in [0.3, 0.4) is 0 Å². The Bertz CT molecular complexity index is 1630. The average molecular weight is 597 g/mol. The summed E-state index contributed by atoms with van der Waals surface area (Å²) in [5.74, 6) is 0.400. The van der Waals surface area contributed by atoms with Gasteiger partial charge < -0.3 is 34.5 Å². The van der Waals surface area contributed by atoms with Gasteiger partial charge in [0.15, 0.2) is 5.11 Å². The number of anilines is 3. The van der Waals surface area contributed by atoms with Crippen LogP contribution in [-0.2, 0) is 9.53 Å². The lowest BCUT2D eigenvalue weighted by Crippen LogP contribution is -2.36. The van der Waals surface area contributed by atoms with Crippen molar-refractivity contribution in [2.75, 3.05) is 48.5 Å². The highest BCUT2D eigenvalue weighted by Crippen LogP contribution is 2.45. The van der Waals surface area contributed by atoms with Crippen LogP contribution in [0, 0.1) is 13.8 Å². The molecule has 4 heterocycles. The van der Waals surface area contributed by atoms with E-state index in [-0.39, 0.29) is 18.0 Å². The highest BCUT2D eigenvalue weighted by molar-refractivity contribution is 7.80. The minimum absolute atomic E-state index is 0.177. The van der Waals surface area contributed by atoms with Gasteiger partial charge in [-0.25, -0.2) is 0 Å². The molecular formula is C33H36N6O3S. The van der Waals surface area contributed by atoms with E-state index in [4.69, 9.17) is 26.7 Å². The number of carbonyl (C=O) groups excluding carboxylic acids is 1. The summed E-state index contributed by atoms with van der Waals surface area (Å²) in [7, 11) is 1.59. The molecule has 2 aliphatic rings. The first-order chi connectivity index (χ1) is 20.9. The van der Waals surface area contributed by atoms with Crippen LogP contribution in [0.1, 0.15) is 41.7 Å². The molecule has 2 aromatic carbocycles. The summed E-state index contributed by atoms with van der Waals surface area (Å²) in [6.45, 7) is 9.09. The lowest BCUT2D eigenvalue weighted by atomic mass is 9.96. The van der Waals surface area contributed by atoms with E-state index >= 15 is 0 Å². The SMILES string of the molecule is COc1ccc(N2C(=S)N[C@H](c3ccccn3)[C@@H]2c2cc(C)n(-c3ccc(N4CCOCC4)cc3)c2C)cc1NC(C)=O. The number of benzene rings is 2. The Labute approximate surface area is 257 Å². The van der Waals surface area contributed by atoms with Crippen molar-refractivity contribution in [2.24, 2.45) is 0 Å². The van der Waals surface area contributed by atoms with Gasteiger partial charge in [-0.15, -0.1) is 0 Å². The lowest BCUT2D eigenvalue weighted by molar-refractivity contribution is -0.114. The van der Waals surface area contributed by atoms with Gasteiger partial charge in [0.25, 0.3) is 0 Å². The minimum Gasteiger partial charge on any atom is -0.495 e. The number of amides is 1. The zero-order valence-electron chi connectivity index (χ0n) is 24.8. The maximum Gasteiger partial charge on any atom is 0.221 e. The van der Waals surface area contributed by atoms with Crippen LogP contribution in [0.4, 0.5) is 17.1 Å². The van der Waals surface area contributed by atoms with Crippen molar-refractivity contribution in [1.82, 2.24) is 14.9 Å². The fourth-order valence-electron chi connectivity index (χ4n) is 6.20. The zero-order valence-corrected chi connectivity index (χ0v) is 25.6. The van der Waals surface area contributed by atoms with Crippen LogP contribution in [0.5, 0.6) is 5.75 Å². The van der Waals surface area contributed by atoms with Gasteiger partial charge in [-0.1, -0.05) is 6.07 Å². The van der Waals surface area contributed by atoms with E-state index < -0.39 is 0 Å². The van der Waals surface area contributed by atoms with E-state index in [1.54, 1.807) is 13.3 Å². The van der Waals surface area contributed by atoms with Crippen molar-refractivity contribution in [1.29, 1.82) is 0 Å². The van der Waals surface area contributed by atoms with E-state index in [0.29, 0.717) is 16.5 Å². The Balaban J connectivity index is 1.43. The van der Waals surface area contributed by atoms with Crippen molar-refractivity contribution in [2.45, 2.75) is 32.9 Å². The summed E-state index contributed by atoms with van der Waals surface area (Å²) >= 11 is 5.97. The number of thiocarbonyl (C=S) groups is 1. The molecule has 0 unspecified atom stereocenters. The van der Waals surface area contributed by atoms with Crippen LogP contribution >= 0.6 is 12.2 Å².